The Labute approximate surface area is 126 Å². The van der Waals surface area contributed by atoms with Gasteiger partial charge in [0.2, 0.25) is 19.7 Å². The van der Waals surface area contributed by atoms with Crippen molar-refractivity contribution in [2.75, 3.05) is 0 Å². The van der Waals surface area contributed by atoms with Crippen LogP contribution in [0.1, 0.15) is 6.92 Å². The molecule has 0 spiro atoms. The standard InChI is InChI=1S/C10H11Cl3N2O3S/c1-7(16)14-9(10(11,12)13)15-19(17,18)8-5-3-2-4-6-8/h2-6,9,15H,1H3,(H,14,16). The molecule has 106 valence electrons. The number of rotatable bonds is 4. The highest BCUT2D eigenvalue weighted by atomic mass is 35.6. The van der Waals surface area contributed by atoms with Gasteiger partial charge in [0, 0.05) is 6.92 Å². The number of hydrogen-bond acceptors (Lipinski definition) is 3. The van der Waals surface area contributed by atoms with E-state index >= 15 is 0 Å². The second-order valence-electron chi connectivity index (χ2n) is 3.61. The van der Waals surface area contributed by atoms with Crippen molar-refractivity contribution in [2.45, 2.75) is 21.8 Å². The van der Waals surface area contributed by atoms with E-state index in [4.69, 9.17) is 34.8 Å². The Morgan fingerprint density at radius 1 is 1.21 bits per heavy atom. The molecule has 5 nitrogen and oxygen atoms in total. The first-order valence-corrected chi connectivity index (χ1v) is 7.66. The lowest BCUT2D eigenvalue weighted by Crippen LogP contribution is -2.54. The molecule has 0 aromatic heterocycles. The molecule has 1 unspecified atom stereocenters. The number of nitrogens with one attached hydrogen (secondary N) is 2. The number of hydrogen-bond donors (Lipinski definition) is 2. The summed E-state index contributed by atoms with van der Waals surface area (Å²) >= 11 is 16.9. The van der Waals surface area contributed by atoms with Crippen molar-refractivity contribution in [3.8, 4) is 0 Å². The molecule has 9 heteroatoms. The van der Waals surface area contributed by atoms with Gasteiger partial charge in [0.25, 0.3) is 0 Å². The third-order valence-electron chi connectivity index (χ3n) is 2.00. The maximum Gasteiger partial charge on any atom is 0.242 e. The highest BCUT2D eigenvalue weighted by Gasteiger charge is 2.36. The van der Waals surface area contributed by atoms with Crippen LogP contribution >= 0.6 is 34.8 Å². The van der Waals surface area contributed by atoms with Crippen molar-refractivity contribution in [3.05, 3.63) is 30.3 Å². The molecule has 1 rings (SSSR count). The van der Waals surface area contributed by atoms with Gasteiger partial charge in [-0.15, -0.1) is 0 Å². The predicted molar refractivity (Wildman–Crippen MR) is 74.7 cm³/mol. The average molecular weight is 346 g/mol. The van der Waals surface area contributed by atoms with Crippen molar-refractivity contribution >= 4 is 50.7 Å². The number of alkyl halides is 3. The first-order valence-electron chi connectivity index (χ1n) is 5.04. The predicted octanol–water partition coefficient (Wildman–Crippen LogP) is 1.80. The fourth-order valence-corrected chi connectivity index (χ4v) is 2.92. The number of halogens is 3. The van der Waals surface area contributed by atoms with E-state index in [9.17, 15) is 13.2 Å². The van der Waals surface area contributed by atoms with Gasteiger partial charge in [-0.2, -0.15) is 4.72 Å². The van der Waals surface area contributed by atoms with Crippen LogP contribution in [-0.4, -0.2) is 24.3 Å². The van der Waals surface area contributed by atoms with E-state index in [1.54, 1.807) is 18.2 Å². The Hall–Kier alpha value is -0.530. The summed E-state index contributed by atoms with van der Waals surface area (Å²) in [6.45, 7) is 1.18. The summed E-state index contributed by atoms with van der Waals surface area (Å²) in [5, 5.41) is 2.22. The lowest BCUT2D eigenvalue weighted by atomic mass is 10.4. The minimum Gasteiger partial charge on any atom is -0.336 e. The maximum absolute atomic E-state index is 12.0. The molecular formula is C10H11Cl3N2O3S. The van der Waals surface area contributed by atoms with Crippen LogP contribution in [0, 0.1) is 0 Å². The molecule has 0 saturated heterocycles. The number of carbonyl (C=O) groups is 1. The third-order valence-corrected chi connectivity index (χ3v) is 4.09. The molecule has 0 bridgehead atoms. The minimum atomic E-state index is -3.91. The van der Waals surface area contributed by atoms with E-state index in [0.29, 0.717) is 0 Å². The smallest absolute Gasteiger partial charge is 0.242 e. The second kappa shape index (κ2) is 6.28. The first-order chi connectivity index (χ1) is 8.63. The van der Waals surface area contributed by atoms with Gasteiger partial charge in [-0.3, -0.25) is 4.79 Å². The van der Waals surface area contributed by atoms with Gasteiger partial charge in [-0.1, -0.05) is 53.0 Å². The summed E-state index contributed by atoms with van der Waals surface area (Å²) < 4.78 is 24.2. The molecule has 1 atom stereocenters. The van der Waals surface area contributed by atoms with Crippen LogP contribution in [0.2, 0.25) is 0 Å². The summed E-state index contributed by atoms with van der Waals surface area (Å²) in [4.78, 5) is 11.0. The zero-order valence-corrected chi connectivity index (χ0v) is 12.8. The lowest BCUT2D eigenvalue weighted by molar-refractivity contribution is -0.119. The van der Waals surface area contributed by atoms with Crippen LogP contribution in [0.25, 0.3) is 0 Å². The molecule has 1 amide bonds. The van der Waals surface area contributed by atoms with Gasteiger partial charge >= 0.3 is 0 Å². The van der Waals surface area contributed by atoms with E-state index in [1.807, 2.05) is 0 Å². The van der Waals surface area contributed by atoms with Gasteiger partial charge in [0.1, 0.15) is 6.17 Å². The summed E-state index contributed by atoms with van der Waals surface area (Å²) in [5.74, 6) is -0.535. The highest BCUT2D eigenvalue weighted by molar-refractivity contribution is 7.89. The molecule has 0 fully saturated rings. The number of benzene rings is 1. The van der Waals surface area contributed by atoms with E-state index in [2.05, 4.69) is 10.0 Å². The molecule has 19 heavy (non-hydrogen) atoms. The van der Waals surface area contributed by atoms with Gasteiger partial charge in [-0.25, -0.2) is 8.42 Å². The van der Waals surface area contributed by atoms with E-state index < -0.39 is 25.9 Å². The van der Waals surface area contributed by atoms with Gasteiger partial charge in [0.05, 0.1) is 4.90 Å². The highest BCUT2D eigenvalue weighted by Crippen LogP contribution is 2.30. The summed E-state index contributed by atoms with van der Waals surface area (Å²) in [5.41, 5.74) is 0. The Balaban J connectivity index is 3.00. The van der Waals surface area contributed by atoms with Crippen molar-refractivity contribution < 1.29 is 13.2 Å². The van der Waals surface area contributed by atoms with Gasteiger partial charge in [-0.05, 0) is 12.1 Å². The van der Waals surface area contributed by atoms with Crippen LogP contribution in [-0.2, 0) is 14.8 Å². The quantitative estimate of drug-likeness (QED) is 0.645. The maximum atomic E-state index is 12.0. The van der Waals surface area contributed by atoms with Gasteiger partial charge in [0.15, 0.2) is 0 Å². The van der Waals surface area contributed by atoms with E-state index in [-0.39, 0.29) is 4.90 Å². The molecule has 1 aromatic carbocycles. The molecule has 1 aromatic rings. The number of sulfonamides is 1. The summed E-state index contributed by atoms with van der Waals surface area (Å²) in [6.07, 6.45) is -1.37. The van der Waals surface area contributed by atoms with Crippen molar-refractivity contribution in [2.24, 2.45) is 0 Å². The van der Waals surface area contributed by atoms with Crippen LogP contribution in [0.5, 0.6) is 0 Å². The zero-order valence-electron chi connectivity index (χ0n) is 9.73. The summed E-state index contributed by atoms with van der Waals surface area (Å²) in [7, 11) is -3.91. The molecule has 0 aliphatic heterocycles. The first kappa shape index (κ1) is 16.5. The van der Waals surface area contributed by atoms with Crippen molar-refractivity contribution in [1.82, 2.24) is 10.0 Å². The fraction of sp³-hybridized carbons (Fsp3) is 0.300. The molecule has 0 radical (unpaired) electrons. The Morgan fingerprint density at radius 2 is 1.74 bits per heavy atom. The van der Waals surface area contributed by atoms with Crippen LogP contribution in [0.3, 0.4) is 0 Å². The van der Waals surface area contributed by atoms with E-state index in [1.165, 1.54) is 19.1 Å². The summed E-state index contributed by atoms with van der Waals surface area (Å²) in [6, 6.07) is 7.53. The van der Waals surface area contributed by atoms with E-state index in [0.717, 1.165) is 0 Å². The monoisotopic (exact) mass is 344 g/mol. The second-order valence-corrected chi connectivity index (χ2v) is 7.69. The number of amides is 1. The molecule has 2 N–H and O–H groups in total. The Bertz CT molecular complexity index is 543. The largest absolute Gasteiger partial charge is 0.336 e. The number of carbonyl (C=O) groups excluding carboxylic acids is 1. The minimum absolute atomic E-state index is 0.000368. The molecule has 0 heterocycles. The lowest BCUT2D eigenvalue weighted by Gasteiger charge is -2.25. The fourth-order valence-electron chi connectivity index (χ4n) is 1.20. The molecular weight excluding hydrogens is 335 g/mol. The van der Waals surface area contributed by atoms with Crippen LogP contribution in [0.4, 0.5) is 0 Å². The van der Waals surface area contributed by atoms with Crippen LogP contribution in [0.15, 0.2) is 35.2 Å². The Morgan fingerprint density at radius 3 is 2.16 bits per heavy atom. The van der Waals surface area contributed by atoms with Crippen molar-refractivity contribution in [1.29, 1.82) is 0 Å². The SMILES string of the molecule is CC(=O)NC(NS(=O)(=O)c1ccccc1)C(Cl)(Cl)Cl. The van der Waals surface area contributed by atoms with Crippen LogP contribution < -0.4 is 10.0 Å². The molecule has 0 aliphatic rings. The molecule has 0 aliphatic carbocycles. The molecule has 0 saturated carbocycles. The Kier molecular flexibility index (Phi) is 5.46. The van der Waals surface area contributed by atoms with Crippen molar-refractivity contribution in [3.63, 3.8) is 0 Å². The van der Waals surface area contributed by atoms with Gasteiger partial charge < -0.3 is 5.32 Å². The average Bonchev–Trinajstić information content (AvgIpc) is 2.27. The topological polar surface area (TPSA) is 75.3 Å². The third kappa shape index (κ3) is 5.16. The normalized spacial score (nSPS) is 13.9. The zero-order chi connectivity index (χ0) is 14.7.